The predicted molar refractivity (Wildman–Crippen MR) is 70.3 cm³/mol. The summed E-state index contributed by atoms with van der Waals surface area (Å²) in [6.45, 7) is 0. The van der Waals surface area contributed by atoms with Gasteiger partial charge in [-0.3, -0.25) is 9.59 Å². The van der Waals surface area contributed by atoms with Crippen LogP contribution in [0.5, 0.6) is 5.75 Å². The Morgan fingerprint density at radius 3 is 2.65 bits per heavy atom. The summed E-state index contributed by atoms with van der Waals surface area (Å²) in [7, 11) is 1.46. The molecule has 0 aliphatic carbocycles. The van der Waals surface area contributed by atoms with Crippen molar-refractivity contribution in [3.8, 4) is 5.75 Å². The molecule has 0 aromatic heterocycles. The lowest BCUT2D eigenvalue weighted by Gasteiger charge is -2.14. The Morgan fingerprint density at radius 1 is 1.40 bits per heavy atom. The molecule has 2 amide bonds. The highest BCUT2D eigenvalue weighted by atomic mass is 16.5. The van der Waals surface area contributed by atoms with E-state index in [0.717, 1.165) is 0 Å². The number of hydrogen-bond donors (Lipinski definition) is 3. The number of carbonyl (C=O) groups excluding carboxylic acids is 2. The van der Waals surface area contributed by atoms with Crippen LogP contribution in [-0.4, -0.2) is 36.0 Å². The molecule has 0 radical (unpaired) electrons. The minimum Gasteiger partial charge on any atom is -0.497 e. The molecule has 20 heavy (non-hydrogen) atoms. The summed E-state index contributed by atoms with van der Waals surface area (Å²) in [6, 6.07) is 5.14. The zero-order chi connectivity index (χ0) is 15.1. The number of nitrogens with one attached hydrogen (secondary N) is 1. The third kappa shape index (κ3) is 4.60. The van der Waals surface area contributed by atoms with Gasteiger partial charge in [0.15, 0.2) is 0 Å². The van der Waals surface area contributed by atoms with Crippen LogP contribution in [0.1, 0.15) is 23.2 Å². The molecular formula is C13H16N2O5. The van der Waals surface area contributed by atoms with Gasteiger partial charge in [0, 0.05) is 12.0 Å². The van der Waals surface area contributed by atoms with Crippen molar-refractivity contribution in [3.05, 3.63) is 29.8 Å². The van der Waals surface area contributed by atoms with Crippen LogP contribution in [0, 0.1) is 0 Å². The highest BCUT2D eigenvalue weighted by Gasteiger charge is 2.21. The first kappa shape index (κ1) is 15.5. The van der Waals surface area contributed by atoms with E-state index < -0.39 is 23.8 Å². The lowest BCUT2D eigenvalue weighted by Crippen LogP contribution is -2.41. The van der Waals surface area contributed by atoms with Crippen LogP contribution in [-0.2, 0) is 9.59 Å². The van der Waals surface area contributed by atoms with E-state index in [9.17, 15) is 14.4 Å². The molecule has 0 saturated heterocycles. The molecule has 4 N–H and O–H groups in total. The second-order valence-corrected chi connectivity index (χ2v) is 4.10. The molecule has 7 nitrogen and oxygen atoms in total. The molecule has 108 valence electrons. The second kappa shape index (κ2) is 7.13. The highest BCUT2D eigenvalue weighted by Crippen LogP contribution is 2.12. The summed E-state index contributed by atoms with van der Waals surface area (Å²) >= 11 is 0. The summed E-state index contributed by atoms with van der Waals surface area (Å²) in [5.41, 5.74) is 5.23. The van der Waals surface area contributed by atoms with Gasteiger partial charge in [-0.05, 0) is 24.6 Å². The SMILES string of the molecule is COc1cccc(C(=O)N[C@H](CCC(N)=O)C(=O)O)c1. The first-order valence-corrected chi connectivity index (χ1v) is 5.90. The van der Waals surface area contributed by atoms with Gasteiger partial charge in [0.2, 0.25) is 5.91 Å². The fraction of sp³-hybridized carbons (Fsp3) is 0.308. The first-order chi connectivity index (χ1) is 9.43. The molecule has 0 heterocycles. The van der Waals surface area contributed by atoms with Gasteiger partial charge in [0.25, 0.3) is 5.91 Å². The van der Waals surface area contributed by atoms with Gasteiger partial charge in [-0.15, -0.1) is 0 Å². The van der Waals surface area contributed by atoms with E-state index in [4.69, 9.17) is 15.6 Å². The van der Waals surface area contributed by atoms with Gasteiger partial charge in [-0.1, -0.05) is 6.07 Å². The molecule has 0 saturated carbocycles. The van der Waals surface area contributed by atoms with Gasteiger partial charge in [-0.25, -0.2) is 4.79 Å². The van der Waals surface area contributed by atoms with Crippen molar-refractivity contribution in [2.45, 2.75) is 18.9 Å². The molecule has 0 fully saturated rings. The molecule has 0 bridgehead atoms. The largest absolute Gasteiger partial charge is 0.497 e. The van der Waals surface area contributed by atoms with Gasteiger partial charge in [-0.2, -0.15) is 0 Å². The number of nitrogens with two attached hydrogens (primary N) is 1. The van der Waals surface area contributed by atoms with E-state index in [1.54, 1.807) is 12.1 Å². The van der Waals surface area contributed by atoms with Gasteiger partial charge < -0.3 is 20.9 Å². The summed E-state index contributed by atoms with van der Waals surface area (Å²) in [4.78, 5) is 33.6. The lowest BCUT2D eigenvalue weighted by atomic mass is 10.1. The fourth-order valence-electron chi connectivity index (χ4n) is 1.55. The van der Waals surface area contributed by atoms with Crippen molar-refractivity contribution in [3.63, 3.8) is 0 Å². The van der Waals surface area contributed by atoms with Gasteiger partial charge in [0.1, 0.15) is 11.8 Å². The maximum Gasteiger partial charge on any atom is 0.326 e. The topological polar surface area (TPSA) is 119 Å². The number of carbonyl (C=O) groups is 3. The summed E-state index contributed by atoms with van der Waals surface area (Å²) < 4.78 is 4.98. The third-order valence-electron chi connectivity index (χ3n) is 2.61. The Bertz CT molecular complexity index is 515. The summed E-state index contributed by atoms with van der Waals surface area (Å²) in [6.07, 6.45) is -0.171. The smallest absolute Gasteiger partial charge is 0.326 e. The molecule has 1 aromatic carbocycles. The molecule has 7 heteroatoms. The summed E-state index contributed by atoms with van der Waals surface area (Å²) in [5, 5.41) is 11.3. The number of benzene rings is 1. The van der Waals surface area contributed by atoms with Crippen LogP contribution in [0.4, 0.5) is 0 Å². The van der Waals surface area contributed by atoms with Crippen LogP contribution < -0.4 is 15.8 Å². The minimum absolute atomic E-state index is 0.0552. The third-order valence-corrected chi connectivity index (χ3v) is 2.61. The van der Waals surface area contributed by atoms with E-state index >= 15 is 0 Å². The Hall–Kier alpha value is -2.57. The normalized spacial score (nSPS) is 11.4. The molecule has 0 unspecified atom stereocenters. The molecule has 1 atom stereocenters. The van der Waals surface area contributed by atoms with E-state index in [1.165, 1.54) is 19.2 Å². The predicted octanol–water partition coefficient (Wildman–Crippen LogP) is 0.144. The Balaban J connectivity index is 2.74. The van der Waals surface area contributed by atoms with Crippen LogP contribution in [0.3, 0.4) is 0 Å². The zero-order valence-corrected chi connectivity index (χ0v) is 11.0. The number of methoxy groups -OCH3 is 1. The fourth-order valence-corrected chi connectivity index (χ4v) is 1.55. The highest BCUT2D eigenvalue weighted by molar-refractivity contribution is 5.97. The van der Waals surface area contributed by atoms with Gasteiger partial charge >= 0.3 is 5.97 Å². The minimum atomic E-state index is -1.22. The average molecular weight is 280 g/mol. The van der Waals surface area contributed by atoms with Crippen LogP contribution in [0.2, 0.25) is 0 Å². The maximum atomic E-state index is 11.9. The summed E-state index contributed by atoms with van der Waals surface area (Å²) in [5.74, 6) is -1.91. The van der Waals surface area contributed by atoms with Crippen LogP contribution in [0.25, 0.3) is 0 Å². The number of primary amides is 1. The Kier molecular flexibility index (Phi) is 5.52. The van der Waals surface area contributed by atoms with Crippen LogP contribution >= 0.6 is 0 Å². The number of rotatable bonds is 7. The zero-order valence-electron chi connectivity index (χ0n) is 11.0. The molecule has 1 aromatic rings. The van der Waals surface area contributed by atoms with E-state index in [-0.39, 0.29) is 18.4 Å². The van der Waals surface area contributed by atoms with Crippen molar-refractivity contribution in [2.75, 3.05) is 7.11 Å². The molecule has 0 aliphatic heterocycles. The standard InChI is InChI=1S/C13H16N2O5/c1-20-9-4-2-3-8(7-9)12(17)15-10(13(18)19)5-6-11(14)16/h2-4,7,10H,5-6H2,1H3,(H2,14,16)(H,15,17)(H,18,19)/t10-/m1/s1. The average Bonchev–Trinajstić information content (AvgIpc) is 2.42. The van der Waals surface area contributed by atoms with Crippen molar-refractivity contribution in [1.82, 2.24) is 5.32 Å². The second-order valence-electron chi connectivity index (χ2n) is 4.10. The lowest BCUT2D eigenvalue weighted by molar-refractivity contribution is -0.139. The van der Waals surface area contributed by atoms with E-state index in [1.807, 2.05) is 0 Å². The van der Waals surface area contributed by atoms with Crippen molar-refractivity contribution < 1.29 is 24.2 Å². The quantitative estimate of drug-likeness (QED) is 0.656. The van der Waals surface area contributed by atoms with Crippen molar-refractivity contribution in [2.24, 2.45) is 5.73 Å². The molecule has 1 rings (SSSR count). The number of carboxylic acids is 1. The molecule has 0 aliphatic rings. The molecule has 0 spiro atoms. The monoisotopic (exact) mass is 280 g/mol. The Morgan fingerprint density at radius 2 is 2.10 bits per heavy atom. The number of amides is 2. The number of carboxylic acid groups (broad SMARTS) is 1. The van der Waals surface area contributed by atoms with Crippen molar-refractivity contribution >= 4 is 17.8 Å². The van der Waals surface area contributed by atoms with Gasteiger partial charge in [0.05, 0.1) is 7.11 Å². The number of ether oxygens (including phenoxy) is 1. The Labute approximate surface area is 115 Å². The van der Waals surface area contributed by atoms with Crippen molar-refractivity contribution in [1.29, 1.82) is 0 Å². The molecular weight excluding hydrogens is 264 g/mol. The number of aliphatic carboxylic acids is 1. The van der Waals surface area contributed by atoms with E-state index in [0.29, 0.717) is 5.75 Å². The first-order valence-electron chi connectivity index (χ1n) is 5.90. The number of hydrogen-bond acceptors (Lipinski definition) is 4. The van der Waals surface area contributed by atoms with E-state index in [2.05, 4.69) is 5.32 Å². The maximum absolute atomic E-state index is 11.9. The van der Waals surface area contributed by atoms with Crippen LogP contribution in [0.15, 0.2) is 24.3 Å².